The lowest BCUT2D eigenvalue weighted by molar-refractivity contribution is -0.132. The van der Waals surface area contributed by atoms with Gasteiger partial charge in [-0.25, -0.2) is 0 Å². The van der Waals surface area contributed by atoms with Crippen LogP contribution in [0.5, 0.6) is 11.5 Å². The van der Waals surface area contributed by atoms with E-state index in [1.807, 2.05) is 0 Å². The van der Waals surface area contributed by atoms with E-state index in [1.54, 1.807) is 54.7 Å². The van der Waals surface area contributed by atoms with E-state index >= 15 is 0 Å². The normalized spacial score (nSPS) is 19.4. The Hall–Kier alpha value is -4.13. The van der Waals surface area contributed by atoms with Crippen molar-refractivity contribution in [2.45, 2.75) is 12.5 Å². The molecule has 2 N–H and O–H groups in total. The molecule has 3 heterocycles. The minimum atomic E-state index is -0.938. The molecule has 0 saturated carbocycles. The third kappa shape index (κ3) is 3.02. The number of nitrogens with zero attached hydrogens (tertiary/aromatic N) is 2. The number of phenols is 1. The molecule has 31 heavy (non-hydrogen) atoms. The van der Waals surface area contributed by atoms with Crippen LogP contribution < -0.4 is 9.64 Å². The molecule has 3 aromatic rings. The van der Waals surface area contributed by atoms with Crippen molar-refractivity contribution in [2.75, 3.05) is 11.5 Å². The number of aromatic hydroxyl groups is 1. The molecule has 1 unspecified atom stereocenters. The van der Waals surface area contributed by atoms with Gasteiger partial charge in [-0.05, 0) is 47.5 Å². The molecule has 1 atom stereocenters. The van der Waals surface area contributed by atoms with Gasteiger partial charge in [0.2, 0.25) is 0 Å². The van der Waals surface area contributed by atoms with E-state index in [2.05, 4.69) is 4.98 Å². The average molecular weight is 414 g/mol. The lowest BCUT2D eigenvalue weighted by Crippen LogP contribution is -2.29. The first-order valence-electron chi connectivity index (χ1n) is 9.81. The van der Waals surface area contributed by atoms with Crippen LogP contribution in [-0.2, 0) is 16.0 Å². The SMILES string of the molecule is O=C1C(=O)N(c2ccccc2O)C(c2cccnc2)/C1=C(/O)c1ccc2c(c1)CCO2. The molecule has 2 aliphatic heterocycles. The minimum absolute atomic E-state index is 0.0554. The number of pyridine rings is 1. The number of aromatic nitrogens is 1. The van der Waals surface area contributed by atoms with Crippen LogP contribution in [0.4, 0.5) is 5.69 Å². The van der Waals surface area contributed by atoms with Gasteiger partial charge < -0.3 is 14.9 Å². The van der Waals surface area contributed by atoms with Crippen LogP contribution in [0, 0.1) is 0 Å². The summed E-state index contributed by atoms with van der Waals surface area (Å²) in [7, 11) is 0. The molecule has 0 bridgehead atoms. The number of aliphatic hydroxyl groups is 1. The monoisotopic (exact) mass is 414 g/mol. The molecule has 1 amide bonds. The summed E-state index contributed by atoms with van der Waals surface area (Å²) in [5.41, 5.74) is 2.02. The average Bonchev–Trinajstić information content (AvgIpc) is 3.36. The van der Waals surface area contributed by atoms with Crippen LogP contribution in [0.3, 0.4) is 0 Å². The van der Waals surface area contributed by atoms with E-state index in [4.69, 9.17) is 4.74 Å². The van der Waals surface area contributed by atoms with Crippen LogP contribution in [0.15, 0.2) is 72.6 Å². The third-order valence-electron chi connectivity index (χ3n) is 5.55. The van der Waals surface area contributed by atoms with Crippen molar-refractivity contribution < 1.29 is 24.5 Å². The lowest BCUT2D eigenvalue weighted by atomic mass is 9.95. The molecule has 7 heteroatoms. The number of para-hydroxylation sites is 2. The quantitative estimate of drug-likeness (QED) is 0.387. The third-order valence-corrected chi connectivity index (χ3v) is 5.55. The Morgan fingerprint density at radius 1 is 1.10 bits per heavy atom. The minimum Gasteiger partial charge on any atom is -0.507 e. The molecular weight excluding hydrogens is 396 g/mol. The van der Waals surface area contributed by atoms with E-state index in [1.165, 1.54) is 17.2 Å². The first-order chi connectivity index (χ1) is 15.1. The fourth-order valence-electron chi connectivity index (χ4n) is 4.09. The van der Waals surface area contributed by atoms with Crippen LogP contribution in [-0.4, -0.2) is 33.5 Å². The number of amides is 1. The molecule has 1 saturated heterocycles. The van der Waals surface area contributed by atoms with E-state index in [-0.39, 0.29) is 22.8 Å². The summed E-state index contributed by atoms with van der Waals surface area (Å²) in [4.78, 5) is 31.5. The Kier molecular flexibility index (Phi) is 4.43. The largest absolute Gasteiger partial charge is 0.507 e. The number of rotatable bonds is 3. The molecule has 2 aliphatic rings. The summed E-state index contributed by atoms with van der Waals surface area (Å²) in [5.74, 6) is -1.34. The highest BCUT2D eigenvalue weighted by Gasteiger charge is 2.47. The van der Waals surface area contributed by atoms with Gasteiger partial charge in [-0.2, -0.15) is 0 Å². The number of ether oxygens (including phenoxy) is 1. The zero-order valence-corrected chi connectivity index (χ0v) is 16.4. The van der Waals surface area contributed by atoms with Gasteiger partial charge in [-0.15, -0.1) is 0 Å². The number of aliphatic hydroxyl groups excluding tert-OH is 1. The maximum absolute atomic E-state index is 13.1. The predicted octanol–water partition coefficient (Wildman–Crippen LogP) is 3.35. The summed E-state index contributed by atoms with van der Waals surface area (Å²) in [6.07, 6.45) is 3.82. The Morgan fingerprint density at radius 2 is 1.94 bits per heavy atom. The Bertz CT molecular complexity index is 1240. The van der Waals surface area contributed by atoms with Crippen LogP contribution in [0.25, 0.3) is 5.76 Å². The van der Waals surface area contributed by atoms with Crippen molar-refractivity contribution in [2.24, 2.45) is 0 Å². The number of fused-ring (bicyclic) bond motifs is 1. The van der Waals surface area contributed by atoms with Crippen LogP contribution in [0.2, 0.25) is 0 Å². The topological polar surface area (TPSA) is 100.0 Å². The molecular formula is C24H18N2O5. The number of anilines is 1. The molecule has 0 radical (unpaired) electrons. The van der Waals surface area contributed by atoms with Crippen molar-refractivity contribution >= 4 is 23.1 Å². The predicted molar refractivity (Wildman–Crippen MR) is 113 cm³/mol. The van der Waals surface area contributed by atoms with Gasteiger partial charge in [0.15, 0.2) is 0 Å². The molecule has 0 spiro atoms. The number of carbonyl (C=O) groups excluding carboxylic acids is 2. The number of ketones is 1. The van der Waals surface area contributed by atoms with E-state index in [9.17, 15) is 19.8 Å². The van der Waals surface area contributed by atoms with Gasteiger partial charge in [0.25, 0.3) is 11.7 Å². The summed E-state index contributed by atoms with van der Waals surface area (Å²) < 4.78 is 5.51. The van der Waals surface area contributed by atoms with Crippen molar-refractivity contribution in [1.82, 2.24) is 4.98 Å². The van der Waals surface area contributed by atoms with E-state index < -0.39 is 17.7 Å². The zero-order chi connectivity index (χ0) is 21.5. The van der Waals surface area contributed by atoms with E-state index in [0.717, 1.165) is 11.3 Å². The smallest absolute Gasteiger partial charge is 0.300 e. The van der Waals surface area contributed by atoms with Crippen molar-refractivity contribution in [3.63, 3.8) is 0 Å². The fraction of sp³-hybridized carbons (Fsp3) is 0.125. The van der Waals surface area contributed by atoms with Crippen LogP contribution in [0.1, 0.15) is 22.7 Å². The van der Waals surface area contributed by atoms with Gasteiger partial charge in [-0.1, -0.05) is 18.2 Å². The first-order valence-corrected chi connectivity index (χ1v) is 9.81. The number of carbonyl (C=O) groups is 2. The van der Waals surface area contributed by atoms with Crippen LogP contribution >= 0.6 is 0 Å². The van der Waals surface area contributed by atoms with Gasteiger partial charge in [0.1, 0.15) is 17.3 Å². The number of hydrogen-bond donors (Lipinski definition) is 2. The Morgan fingerprint density at radius 3 is 2.71 bits per heavy atom. The van der Waals surface area contributed by atoms with Gasteiger partial charge in [0.05, 0.1) is 23.9 Å². The highest BCUT2D eigenvalue weighted by molar-refractivity contribution is 6.51. The summed E-state index contributed by atoms with van der Waals surface area (Å²) >= 11 is 0. The molecule has 1 fully saturated rings. The highest BCUT2D eigenvalue weighted by Crippen LogP contribution is 2.44. The second-order valence-electron chi connectivity index (χ2n) is 7.37. The summed E-state index contributed by atoms with van der Waals surface area (Å²) in [5, 5.41) is 21.5. The van der Waals surface area contributed by atoms with E-state index in [0.29, 0.717) is 24.2 Å². The van der Waals surface area contributed by atoms with Crippen molar-refractivity contribution in [1.29, 1.82) is 0 Å². The Labute approximate surface area is 177 Å². The molecule has 5 rings (SSSR count). The summed E-state index contributed by atoms with van der Waals surface area (Å²) in [6.45, 7) is 0.562. The van der Waals surface area contributed by atoms with Crippen molar-refractivity contribution in [3.8, 4) is 11.5 Å². The van der Waals surface area contributed by atoms with Gasteiger partial charge >= 0.3 is 0 Å². The molecule has 1 aromatic heterocycles. The van der Waals surface area contributed by atoms with Crippen molar-refractivity contribution in [3.05, 3.63) is 89.3 Å². The second kappa shape index (κ2) is 7.28. The van der Waals surface area contributed by atoms with Gasteiger partial charge in [0, 0.05) is 24.4 Å². The highest BCUT2D eigenvalue weighted by atomic mass is 16.5. The zero-order valence-electron chi connectivity index (χ0n) is 16.4. The molecule has 0 aliphatic carbocycles. The number of benzene rings is 2. The number of phenolic OH excluding ortho intramolecular Hbond substituents is 1. The maximum Gasteiger partial charge on any atom is 0.300 e. The number of hydrogen-bond acceptors (Lipinski definition) is 6. The summed E-state index contributed by atoms with van der Waals surface area (Å²) in [6, 6.07) is 13.9. The first kappa shape index (κ1) is 18.9. The fourth-order valence-corrected chi connectivity index (χ4v) is 4.09. The molecule has 7 nitrogen and oxygen atoms in total. The lowest BCUT2D eigenvalue weighted by Gasteiger charge is -2.25. The standard InChI is InChI=1S/C24H18N2O5/c27-18-6-2-1-5-17(18)26-21(16-4-3-10-25-13-16)20(23(29)24(26)30)22(28)15-7-8-19-14(12-15)9-11-31-19/h1-8,10,12-13,21,27-28H,9,11H2/b22-20-. The molecule has 154 valence electrons. The molecule has 2 aromatic carbocycles. The van der Waals surface area contributed by atoms with Gasteiger partial charge in [-0.3, -0.25) is 19.5 Å². The Balaban J connectivity index is 1.72. The maximum atomic E-state index is 13.1. The second-order valence-corrected chi connectivity index (χ2v) is 7.37. The number of Topliss-reactive ketones (excluding diaryl/α,β-unsaturated/α-hetero) is 1.